The highest BCUT2D eigenvalue weighted by atomic mass is 32.2. The molecule has 1 aliphatic rings. The standard InChI is InChI=1S/C19H26N4OS/c1-3-16-12-8-9-13-23(16)17(24)14-25-19-21-20-18(22(19)4-2)15-10-6-5-7-11-15/h5-7,10-11,16H,3-4,8-9,12-14H2,1-2H3. The van der Waals surface area contributed by atoms with Gasteiger partial charge in [-0.05, 0) is 32.6 Å². The van der Waals surface area contributed by atoms with Gasteiger partial charge >= 0.3 is 0 Å². The summed E-state index contributed by atoms with van der Waals surface area (Å²) in [6.45, 7) is 5.94. The van der Waals surface area contributed by atoms with Crippen LogP contribution in [0.15, 0.2) is 35.5 Å². The van der Waals surface area contributed by atoms with Crippen LogP contribution in [0.5, 0.6) is 0 Å². The van der Waals surface area contributed by atoms with Crippen LogP contribution in [-0.2, 0) is 11.3 Å². The van der Waals surface area contributed by atoms with Crippen molar-refractivity contribution in [1.29, 1.82) is 0 Å². The normalized spacial score (nSPS) is 17.7. The lowest BCUT2D eigenvalue weighted by atomic mass is 10.0. The maximum absolute atomic E-state index is 12.7. The average molecular weight is 359 g/mol. The van der Waals surface area contributed by atoms with Gasteiger partial charge in [-0.25, -0.2) is 0 Å². The van der Waals surface area contributed by atoms with Crippen molar-refractivity contribution in [2.75, 3.05) is 12.3 Å². The highest BCUT2D eigenvalue weighted by Gasteiger charge is 2.25. The summed E-state index contributed by atoms with van der Waals surface area (Å²) >= 11 is 1.50. The SMILES string of the molecule is CCC1CCCCN1C(=O)CSc1nnc(-c2ccccc2)n1CC. The molecule has 3 rings (SSSR count). The van der Waals surface area contributed by atoms with Crippen molar-refractivity contribution < 1.29 is 4.79 Å². The number of benzene rings is 1. The highest BCUT2D eigenvalue weighted by molar-refractivity contribution is 7.99. The number of thioether (sulfide) groups is 1. The van der Waals surface area contributed by atoms with E-state index in [2.05, 4.69) is 33.5 Å². The Morgan fingerprint density at radius 2 is 2.00 bits per heavy atom. The first-order chi connectivity index (χ1) is 12.2. The molecule has 1 aromatic carbocycles. The van der Waals surface area contributed by atoms with Crippen LogP contribution < -0.4 is 0 Å². The molecule has 5 nitrogen and oxygen atoms in total. The van der Waals surface area contributed by atoms with Crippen molar-refractivity contribution in [2.24, 2.45) is 0 Å². The van der Waals surface area contributed by atoms with E-state index in [4.69, 9.17) is 0 Å². The molecule has 0 N–H and O–H groups in total. The van der Waals surface area contributed by atoms with Crippen LogP contribution in [0, 0.1) is 0 Å². The van der Waals surface area contributed by atoms with E-state index in [1.165, 1.54) is 18.2 Å². The second-order valence-electron chi connectivity index (χ2n) is 6.35. The fourth-order valence-corrected chi connectivity index (χ4v) is 4.33. The largest absolute Gasteiger partial charge is 0.339 e. The first-order valence-electron chi connectivity index (χ1n) is 9.15. The Hall–Kier alpha value is -1.82. The number of carbonyl (C=O) groups is 1. The van der Waals surface area contributed by atoms with Gasteiger partial charge in [-0.1, -0.05) is 49.0 Å². The molecule has 1 amide bonds. The first kappa shape index (κ1) is 18.0. The van der Waals surface area contributed by atoms with E-state index in [0.717, 1.165) is 48.9 Å². The molecule has 6 heteroatoms. The third-order valence-electron chi connectivity index (χ3n) is 4.81. The minimum Gasteiger partial charge on any atom is -0.339 e. The van der Waals surface area contributed by atoms with Gasteiger partial charge in [-0.15, -0.1) is 10.2 Å². The maximum atomic E-state index is 12.7. The third kappa shape index (κ3) is 4.06. The fraction of sp³-hybridized carbons (Fsp3) is 0.526. The Bertz CT molecular complexity index is 701. The molecule has 134 valence electrons. The molecule has 1 atom stereocenters. The van der Waals surface area contributed by atoms with Crippen molar-refractivity contribution in [3.63, 3.8) is 0 Å². The summed E-state index contributed by atoms with van der Waals surface area (Å²) in [6.07, 6.45) is 4.53. The molecule has 2 aromatic rings. The molecule has 1 fully saturated rings. The Morgan fingerprint density at radius 1 is 1.20 bits per heavy atom. The van der Waals surface area contributed by atoms with Crippen LogP contribution in [0.3, 0.4) is 0 Å². The molecule has 2 heterocycles. The second kappa shape index (κ2) is 8.52. The highest BCUT2D eigenvalue weighted by Crippen LogP contribution is 2.25. The molecule has 0 aliphatic carbocycles. The Kier molecular flexibility index (Phi) is 6.13. The number of hydrogen-bond acceptors (Lipinski definition) is 4. The number of piperidine rings is 1. The summed E-state index contributed by atoms with van der Waals surface area (Å²) in [5.74, 6) is 1.52. The molecule has 1 unspecified atom stereocenters. The molecular formula is C19H26N4OS. The Morgan fingerprint density at radius 3 is 2.72 bits per heavy atom. The zero-order valence-corrected chi connectivity index (χ0v) is 15.8. The maximum Gasteiger partial charge on any atom is 0.233 e. The second-order valence-corrected chi connectivity index (χ2v) is 7.29. The number of carbonyl (C=O) groups excluding carboxylic acids is 1. The van der Waals surface area contributed by atoms with Crippen molar-refractivity contribution in [3.8, 4) is 11.4 Å². The van der Waals surface area contributed by atoms with Gasteiger partial charge in [-0.2, -0.15) is 0 Å². The van der Waals surface area contributed by atoms with E-state index in [9.17, 15) is 4.79 Å². The van der Waals surface area contributed by atoms with Gasteiger partial charge in [0.2, 0.25) is 5.91 Å². The van der Waals surface area contributed by atoms with E-state index in [1.54, 1.807) is 0 Å². The van der Waals surface area contributed by atoms with E-state index in [1.807, 2.05) is 30.3 Å². The van der Waals surface area contributed by atoms with Crippen LogP contribution >= 0.6 is 11.8 Å². The summed E-state index contributed by atoms with van der Waals surface area (Å²) in [6, 6.07) is 10.5. The minimum absolute atomic E-state index is 0.225. The van der Waals surface area contributed by atoms with Crippen LogP contribution in [0.1, 0.15) is 39.5 Å². The van der Waals surface area contributed by atoms with Gasteiger partial charge in [0.25, 0.3) is 0 Å². The van der Waals surface area contributed by atoms with E-state index < -0.39 is 0 Å². The lowest BCUT2D eigenvalue weighted by molar-refractivity contribution is -0.132. The molecule has 1 saturated heterocycles. The lowest BCUT2D eigenvalue weighted by Crippen LogP contribution is -2.44. The number of nitrogens with zero attached hydrogens (tertiary/aromatic N) is 4. The number of hydrogen-bond donors (Lipinski definition) is 0. The van der Waals surface area contributed by atoms with Crippen LogP contribution in [0.4, 0.5) is 0 Å². The summed E-state index contributed by atoms with van der Waals surface area (Å²) < 4.78 is 2.08. The van der Waals surface area contributed by atoms with E-state index >= 15 is 0 Å². The van der Waals surface area contributed by atoms with Crippen molar-refractivity contribution in [1.82, 2.24) is 19.7 Å². The van der Waals surface area contributed by atoms with Crippen LogP contribution in [0.2, 0.25) is 0 Å². The quantitative estimate of drug-likeness (QED) is 0.736. The number of likely N-dealkylation sites (tertiary alicyclic amines) is 1. The van der Waals surface area contributed by atoms with Gasteiger partial charge in [0.15, 0.2) is 11.0 Å². The summed E-state index contributed by atoms with van der Waals surface area (Å²) in [5.41, 5.74) is 1.05. The van der Waals surface area contributed by atoms with E-state index in [-0.39, 0.29) is 5.91 Å². The lowest BCUT2D eigenvalue weighted by Gasteiger charge is -2.35. The molecule has 0 radical (unpaired) electrons. The van der Waals surface area contributed by atoms with Gasteiger partial charge in [0.1, 0.15) is 0 Å². The predicted molar refractivity (Wildman–Crippen MR) is 101 cm³/mol. The molecule has 1 aliphatic heterocycles. The molecule has 0 spiro atoms. The van der Waals surface area contributed by atoms with Gasteiger partial charge in [-0.3, -0.25) is 4.79 Å². The molecule has 0 bridgehead atoms. The average Bonchev–Trinajstić information content (AvgIpc) is 3.09. The zero-order valence-electron chi connectivity index (χ0n) is 15.0. The Balaban J connectivity index is 1.69. The third-order valence-corrected chi connectivity index (χ3v) is 5.76. The number of rotatable bonds is 6. The Labute approximate surface area is 153 Å². The van der Waals surface area contributed by atoms with E-state index in [0.29, 0.717) is 11.8 Å². The number of aromatic nitrogens is 3. The molecule has 0 saturated carbocycles. The summed E-state index contributed by atoms with van der Waals surface area (Å²) in [5, 5.41) is 9.49. The van der Waals surface area contributed by atoms with Crippen LogP contribution in [-0.4, -0.2) is 43.9 Å². The van der Waals surface area contributed by atoms with Gasteiger partial charge in [0.05, 0.1) is 5.75 Å². The topological polar surface area (TPSA) is 51.0 Å². The summed E-state index contributed by atoms with van der Waals surface area (Å²) in [7, 11) is 0. The van der Waals surface area contributed by atoms with Crippen molar-refractivity contribution in [3.05, 3.63) is 30.3 Å². The van der Waals surface area contributed by atoms with Crippen molar-refractivity contribution >= 4 is 17.7 Å². The predicted octanol–water partition coefficient (Wildman–Crippen LogP) is 3.85. The molecule has 1 aromatic heterocycles. The smallest absolute Gasteiger partial charge is 0.233 e. The number of amides is 1. The fourth-order valence-electron chi connectivity index (χ4n) is 3.44. The minimum atomic E-state index is 0.225. The monoisotopic (exact) mass is 358 g/mol. The van der Waals surface area contributed by atoms with Crippen molar-refractivity contribution in [2.45, 2.75) is 57.3 Å². The first-order valence-corrected chi connectivity index (χ1v) is 10.1. The summed E-state index contributed by atoms with van der Waals surface area (Å²) in [4.78, 5) is 14.7. The molecular weight excluding hydrogens is 332 g/mol. The van der Waals surface area contributed by atoms with Crippen LogP contribution in [0.25, 0.3) is 11.4 Å². The van der Waals surface area contributed by atoms with Gasteiger partial charge in [0, 0.05) is 24.7 Å². The van der Waals surface area contributed by atoms with Gasteiger partial charge < -0.3 is 9.47 Å². The zero-order chi connectivity index (χ0) is 17.6. The molecule has 25 heavy (non-hydrogen) atoms.